The molecule has 3 aromatic rings. The van der Waals surface area contributed by atoms with Crippen LogP contribution in [0.15, 0.2) is 50.8 Å². The highest BCUT2D eigenvalue weighted by Gasteiger charge is 2.22. The number of nitrogens with zero attached hydrogens (tertiary/aromatic N) is 4. The Kier molecular flexibility index (Phi) is 5.97. The summed E-state index contributed by atoms with van der Waals surface area (Å²) in [4.78, 5) is 28.6. The van der Waals surface area contributed by atoms with Crippen molar-refractivity contribution in [1.29, 1.82) is 0 Å². The highest BCUT2D eigenvalue weighted by Crippen LogP contribution is 2.32. The molecule has 1 fully saturated rings. The molecule has 1 saturated carbocycles. The average Bonchev–Trinajstić information content (AvgIpc) is 2.74. The number of halogens is 2. The number of aromatic nitrogens is 2. The van der Waals surface area contributed by atoms with E-state index < -0.39 is 4.92 Å². The maximum absolute atomic E-state index is 13.3. The van der Waals surface area contributed by atoms with E-state index >= 15 is 0 Å². The third-order valence-electron chi connectivity index (χ3n) is 5.29. The van der Waals surface area contributed by atoms with Gasteiger partial charge in [-0.25, -0.2) is 4.98 Å². The van der Waals surface area contributed by atoms with Crippen LogP contribution in [0.4, 0.5) is 5.69 Å². The van der Waals surface area contributed by atoms with Crippen LogP contribution in [0.1, 0.15) is 49.4 Å². The number of hydrogen-bond acceptors (Lipinski definition) is 5. The number of hydrogen-bond donors (Lipinski definition) is 0. The van der Waals surface area contributed by atoms with Gasteiger partial charge in [0, 0.05) is 22.0 Å². The lowest BCUT2D eigenvalue weighted by molar-refractivity contribution is -0.384. The molecule has 0 bridgehead atoms. The predicted octanol–water partition coefficient (Wildman–Crippen LogP) is 5.65. The molecule has 0 atom stereocenters. The molecule has 0 N–H and O–H groups in total. The summed E-state index contributed by atoms with van der Waals surface area (Å²) < 4.78 is 2.12. The average molecular weight is 490 g/mol. The molecule has 0 aliphatic heterocycles. The normalized spacial score (nSPS) is 15.1. The van der Waals surface area contributed by atoms with Crippen molar-refractivity contribution >= 4 is 50.3 Å². The first-order valence-corrected chi connectivity index (χ1v) is 10.8. The Bertz CT molecular complexity index is 1220. The monoisotopic (exact) mass is 488 g/mol. The molecule has 0 unspecified atom stereocenters. The smallest absolute Gasteiger partial charge is 0.267 e. The van der Waals surface area contributed by atoms with Crippen molar-refractivity contribution in [2.45, 2.75) is 38.0 Å². The highest BCUT2D eigenvalue weighted by atomic mass is 79.9. The molecule has 0 saturated heterocycles. The Labute approximate surface area is 185 Å². The van der Waals surface area contributed by atoms with Gasteiger partial charge < -0.3 is 0 Å². The molecule has 0 radical (unpaired) electrons. The minimum absolute atomic E-state index is 0.0504. The Balaban J connectivity index is 1.84. The van der Waals surface area contributed by atoms with E-state index in [1.54, 1.807) is 12.1 Å². The predicted molar refractivity (Wildman–Crippen MR) is 121 cm³/mol. The van der Waals surface area contributed by atoms with Gasteiger partial charge in [-0.15, -0.1) is 0 Å². The second-order valence-electron chi connectivity index (χ2n) is 7.30. The van der Waals surface area contributed by atoms with Crippen LogP contribution in [0, 0.1) is 10.1 Å². The molecule has 154 valence electrons. The zero-order valence-corrected chi connectivity index (χ0v) is 18.3. The van der Waals surface area contributed by atoms with Gasteiger partial charge >= 0.3 is 0 Å². The summed E-state index contributed by atoms with van der Waals surface area (Å²) in [6.45, 7) is 0. The summed E-state index contributed by atoms with van der Waals surface area (Å²) in [7, 11) is 0. The molecule has 1 aliphatic carbocycles. The van der Waals surface area contributed by atoms with Crippen molar-refractivity contribution < 1.29 is 4.92 Å². The molecule has 0 spiro atoms. The van der Waals surface area contributed by atoms with E-state index in [2.05, 4.69) is 21.0 Å². The lowest BCUT2D eigenvalue weighted by Gasteiger charge is -2.22. The Morgan fingerprint density at radius 2 is 1.97 bits per heavy atom. The van der Waals surface area contributed by atoms with Crippen molar-refractivity contribution in [2.75, 3.05) is 0 Å². The van der Waals surface area contributed by atoms with E-state index in [0.717, 1.165) is 30.2 Å². The number of rotatable bonds is 4. The molecule has 30 heavy (non-hydrogen) atoms. The van der Waals surface area contributed by atoms with Crippen molar-refractivity contribution in [1.82, 2.24) is 9.66 Å². The van der Waals surface area contributed by atoms with Crippen LogP contribution in [0.25, 0.3) is 10.9 Å². The van der Waals surface area contributed by atoms with E-state index in [0.29, 0.717) is 22.3 Å². The fourth-order valence-electron chi connectivity index (χ4n) is 3.78. The van der Waals surface area contributed by atoms with Gasteiger partial charge in [0.05, 0.1) is 22.0 Å². The summed E-state index contributed by atoms with van der Waals surface area (Å²) in [5.74, 6) is 0.783. The zero-order valence-electron chi connectivity index (χ0n) is 15.9. The molecular formula is C21H18BrClN4O3. The third kappa shape index (κ3) is 4.15. The fraction of sp³-hybridized carbons (Fsp3) is 0.286. The van der Waals surface area contributed by atoms with E-state index in [-0.39, 0.29) is 22.2 Å². The molecule has 4 rings (SSSR count). The van der Waals surface area contributed by atoms with Crippen LogP contribution < -0.4 is 5.56 Å². The van der Waals surface area contributed by atoms with E-state index in [4.69, 9.17) is 16.6 Å². The molecule has 2 aromatic carbocycles. The summed E-state index contributed by atoms with van der Waals surface area (Å²) in [6, 6.07) is 9.82. The molecule has 1 heterocycles. The number of nitro benzene ring substituents is 1. The van der Waals surface area contributed by atoms with Crippen molar-refractivity contribution in [3.8, 4) is 0 Å². The molecule has 1 aromatic heterocycles. The van der Waals surface area contributed by atoms with Crippen LogP contribution >= 0.6 is 27.5 Å². The number of benzene rings is 2. The van der Waals surface area contributed by atoms with Crippen LogP contribution in [0.5, 0.6) is 0 Å². The molecule has 1 aliphatic rings. The van der Waals surface area contributed by atoms with Crippen molar-refractivity contribution in [2.24, 2.45) is 5.10 Å². The van der Waals surface area contributed by atoms with Crippen LogP contribution in [-0.4, -0.2) is 20.8 Å². The molecule has 0 amide bonds. The molecule has 7 nitrogen and oxygen atoms in total. The first-order chi connectivity index (χ1) is 14.4. The van der Waals surface area contributed by atoms with Gasteiger partial charge in [0.1, 0.15) is 10.8 Å². The minimum atomic E-state index is -0.547. The Morgan fingerprint density at radius 1 is 1.20 bits per heavy atom. The summed E-state index contributed by atoms with van der Waals surface area (Å²) >= 11 is 9.28. The standard InChI is InChI=1S/C21H18BrClN4O3/c22-15-7-9-18-16(11-15)21(28)26(20(25-18)14-4-2-1-3-5-14)24-12-13-6-8-17(23)19(10-13)27(29)30/h6-12,14H,1-5H2. The van der Waals surface area contributed by atoms with Gasteiger partial charge in [-0.05, 0) is 37.1 Å². The maximum atomic E-state index is 13.3. The van der Waals surface area contributed by atoms with E-state index in [1.807, 2.05) is 12.1 Å². The van der Waals surface area contributed by atoms with E-state index in [9.17, 15) is 14.9 Å². The van der Waals surface area contributed by atoms with Crippen LogP contribution in [-0.2, 0) is 0 Å². The maximum Gasteiger partial charge on any atom is 0.288 e. The third-order valence-corrected chi connectivity index (χ3v) is 6.11. The number of fused-ring (bicyclic) bond motifs is 1. The van der Waals surface area contributed by atoms with Crippen LogP contribution in [0.2, 0.25) is 5.02 Å². The largest absolute Gasteiger partial charge is 0.288 e. The topological polar surface area (TPSA) is 90.4 Å². The van der Waals surface area contributed by atoms with Crippen LogP contribution in [0.3, 0.4) is 0 Å². The summed E-state index contributed by atoms with van der Waals surface area (Å²) in [5.41, 5.74) is 0.641. The zero-order chi connectivity index (χ0) is 21.3. The van der Waals surface area contributed by atoms with Gasteiger partial charge in [0.2, 0.25) is 0 Å². The fourth-order valence-corrected chi connectivity index (χ4v) is 4.32. The summed E-state index contributed by atoms with van der Waals surface area (Å²) in [5, 5.41) is 16.1. The quantitative estimate of drug-likeness (QED) is 0.269. The lowest BCUT2D eigenvalue weighted by atomic mass is 9.88. The minimum Gasteiger partial charge on any atom is -0.267 e. The summed E-state index contributed by atoms with van der Waals surface area (Å²) in [6.07, 6.45) is 6.70. The SMILES string of the molecule is O=c1c2cc(Br)ccc2nc(C2CCCCC2)n1N=Cc1ccc(Cl)c([N+](=O)[O-])c1. The molecule has 9 heteroatoms. The highest BCUT2D eigenvalue weighted by molar-refractivity contribution is 9.10. The lowest BCUT2D eigenvalue weighted by Crippen LogP contribution is -2.25. The van der Waals surface area contributed by atoms with Gasteiger partial charge in [-0.1, -0.05) is 52.9 Å². The number of nitro groups is 1. The Hall–Kier alpha value is -2.58. The van der Waals surface area contributed by atoms with Gasteiger partial charge in [-0.3, -0.25) is 14.9 Å². The first-order valence-electron chi connectivity index (χ1n) is 9.64. The van der Waals surface area contributed by atoms with Crippen molar-refractivity contribution in [3.63, 3.8) is 0 Å². The Morgan fingerprint density at radius 3 is 2.70 bits per heavy atom. The molecular weight excluding hydrogens is 472 g/mol. The van der Waals surface area contributed by atoms with Crippen molar-refractivity contribution in [3.05, 3.63) is 77.7 Å². The van der Waals surface area contributed by atoms with Gasteiger partial charge in [-0.2, -0.15) is 9.78 Å². The van der Waals surface area contributed by atoms with E-state index in [1.165, 1.54) is 29.4 Å². The first kappa shape index (κ1) is 20.7. The second-order valence-corrected chi connectivity index (χ2v) is 8.62. The second kappa shape index (κ2) is 8.65. The van der Waals surface area contributed by atoms with Gasteiger partial charge in [0.25, 0.3) is 11.2 Å². The van der Waals surface area contributed by atoms with Gasteiger partial charge in [0.15, 0.2) is 0 Å².